The van der Waals surface area contributed by atoms with E-state index >= 15 is 0 Å². The van der Waals surface area contributed by atoms with E-state index in [1.807, 2.05) is 4.90 Å². The lowest BCUT2D eigenvalue weighted by Crippen LogP contribution is -2.54. The Morgan fingerprint density at radius 2 is 1.59 bits per heavy atom. The smallest absolute Gasteiger partial charge is 0.332 e. The number of halogens is 2. The Bertz CT molecular complexity index is 2830. The number of carbonyl (C=O) groups is 5. The molecule has 24 heteroatoms. The number of piperazine rings is 1. The van der Waals surface area contributed by atoms with Crippen molar-refractivity contribution in [2.24, 2.45) is 14.1 Å². The lowest BCUT2D eigenvalue weighted by atomic mass is 10.0. The van der Waals surface area contributed by atoms with Gasteiger partial charge in [0.1, 0.15) is 12.6 Å². The molecule has 2 N–H and O–H groups in total. The summed E-state index contributed by atoms with van der Waals surface area (Å²) in [5, 5.41) is 14.4. The Morgan fingerprint density at radius 3 is 2.32 bits per heavy atom. The second-order valence-electron chi connectivity index (χ2n) is 15.6. The van der Waals surface area contributed by atoms with Crippen LogP contribution in [-0.2, 0) is 49.2 Å². The Morgan fingerprint density at radius 1 is 0.864 bits per heavy atom. The standard InChI is InChI=1S/C42H45Cl2N11O11/c1-50-35-34(40(61)51(2)42(50)62)54(23-31-48-49-37(66-31)24-6-7-26(43)27(44)22-24)41(47-35)53-14-12-52(13-15-53)32(57)10-16-63-18-20-65-21-19-64-17-11-45-28-5-3-4-25-33(28)39(60)55(38(25)59)29-8-9-30(56)46-36(29)58/h3-7,22,29,45H,8-21,23H2,1-2H3,(H,46,56,58). The van der Waals surface area contributed by atoms with Gasteiger partial charge < -0.3 is 33.7 Å². The molecule has 5 aromatic rings. The molecule has 0 aliphatic carbocycles. The molecule has 66 heavy (non-hydrogen) atoms. The van der Waals surface area contributed by atoms with E-state index in [2.05, 4.69) is 20.8 Å². The molecule has 2 aromatic carbocycles. The van der Waals surface area contributed by atoms with Crippen LogP contribution in [0.1, 0.15) is 45.9 Å². The summed E-state index contributed by atoms with van der Waals surface area (Å²) in [5.74, 6) is -1.56. The van der Waals surface area contributed by atoms with Crippen LogP contribution in [0.4, 0.5) is 11.6 Å². The molecule has 0 spiro atoms. The number of benzene rings is 2. The molecule has 0 saturated carbocycles. The third kappa shape index (κ3) is 9.45. The van der Waals surface area contributed by atoms with Gasteiger partial charge in [-0.25, -0.2) is 4.79 Å². The van der Waals surface area contributed by atoms with Crippen molar-refractivity contribution >= 4 is 75.5 Å². The zero-order valence-corrected chi connectivity index (χ0v) is 37.4. The molecule has 3 aromatic heterocycles. The number of imidazole rings is 1. The quantitative estimate of drug-likeness (QED) is 0.0932. The fourth-order valence-corrected chi connectivity index (χ4v) is 8.26. The number of amides is 5. The van der Waals surface area contributed by atoms with E-state index in [9.17, 15) is 33.6 Å². The summed E-state index contributed by atoms with van der Waals surface area (Å²) >= 11 is 12.3. The maximum absolute atomic E-state index is 13.5. The van der Waals surface area contributed by atoms with E-state index in [0.717, 1.165) is 9.47 Å². The van der Waals surface area contributed by atoms with Gasteiger partial charge in [0.25, 0.3) is 17.4 Å². The van der Waals surface area contributed by atoms with Crippen molar-refractivity contribution in [3.63, 3.8) is 0 Å². The van der Waals surface area contributed by atoms with Crippen molar-refractivity contribution in [2.45, 2.75) is 31.8 Å². The van der Waals surface area contributed by atoms with E-state index in [0.29, 0.717) is 79.8 Å². The highest BCUT2D eigenvalue weighted by Gasteiger charge is 2.45. The molecule has 22 nitrogen and oxygen atoms in total. The van der Waals surface area contributed by atoms with Gasteiger partial charge >= 0.3 is 5.69 Å². The summed E-state index contributed by atoms with van der Waals surface area (Å²) in [7, 11) is 2.94. The van der Waals surface area contributed by atoms with Gasteiger partial charge in [0.2, 0.25) is 35.5 Å². The van der Waals surface area contributed by atoms with Crippen molar-refractivity contribution in [1.82, 2.24) is 44.0 Å². The average Bonchev–Trinajstić information content (AvgIpc) is 4.01. The predicted octanol–water partition coefficient (Wildman–Crippen LogP) is 1.44. The van der Waals surface area contributed by atoms with E-state index in [1.165, 1.54) is 17.7 Å². The predicted molar refractivity (Wildman–Crippen MR) is 237 cm³/mol. The number of rotatable bonds is 18. The molecule has 2 saturated heterocycles. The molecule has 0 radical (unpaired) electrons. The Balaban J connectivity index is 0.745. The van der Waals surface area contributed by atoms with Crippen molar-refractivity contribution in [1.29, 1.82) is 0 Å². The fourth-order valence-electron chi connectivity index (χ4n) is 7.96. The van der Waals surface area contributed by atoms with Gasteiger partial charge in [0.15, 0.2) is 11.2 Å². The van der Waals surface area contributed by atoms with Gasteiger partial charge in [-0.1, -0.05) is 29.3 Å². The Kier molecular flexibility index (Phi) is 13.9. The highest BCUT2D eigenvalue weighted by Crippen LogP contribution is 2.33. The number of hydrogen-bond acceptors (Lipinski definition) is 16. The first-order chi connectivity index (χ1) is 31.8. The van der Waals surface area contributed by atoms with Gasteiger partial charge in [-0.3, -0.25) is 52.7 Å². The monoisotopic (exact) mass is 949 g/mol. The molecule has 1 unspecified atom stereocenters. The van der Waals surface area contributed by atoms with Crippen LogP contribution in [0.2, 0.25) is 10.0 Å². The van der Waals surface area contributed by atoms with E-state index in [-0.39, 0.29) is 85.6 Å². The van der Waals surface area contributed by atoms with Crippen molar-refractivity contribution < 1.29 is 42.6 Å². The molecule has 1 atom stereocenters. The number of aryl methyl sites for hydroxylation is 1. The summed E-state index contributed by atoms with van der Waals surface area (Å²) < 4.78 is 26.8. The summed E-state index contributed by atoms with van der Waals surface area (Å²) in [6, 6.07) is 8.72. The second kappa shape index (κ2) is 20.0. The van der Waals surface area contributed by atoms with Crippen LogP contribution in [0.25, 0.3) is 22.6 Å². The van der Waals surface area contributed by atoms with Crippen LogP contribution >= 0.6 is 23.2 Å². The lowest BCUT2D eigenvalue weighted by molar-refractivity contribution is -0.136. The highest BCUT2D eigenvalue weighted by molar-refractivity contribution is 6.42. The minimum absolute atomic E-state index is 0.0271. The van der Waals surface area contributed by atoms with E-state index in [1.54, 1.807) is 46.8 Å². The van der Waals surface area contributed by atoms with Crippen LogP contribution in [0, 0.1) is 0 Å². The van der Waals surface area contributed by atoms with Crippen LogP contribution < -0.4 is 26.8 Å². The van der Waals surface area contributed by atoms with Gasteiger partial charge in [-0.2, -0.15) is 4.98 Å². The van der Waals surface area contributed by atoms with Crippen LogP contribution in [0.5, 0.6) is 0 Å². The molecule has 3 aliphatic rings. The molecular formula is C42H45Cl2N11O11. The van der Waals surface area contributed by atoms with Crippen molar-refractivity contribution in [3.8, 4) is 11.5 Å². The number of anilines is 2. The highest BCUT2D eigenvalue weighted by atomic mass is 35.5. The van der Waals surface area contributed by atoms with E-state index < -0.39 is 40.9 Å². The summed E-state index contributed by atoms with van der Waals surface area (Å²) in [6.07, 6.45) is 0.286. The number of fused-ring (bicyclic) bond motifs is 2. The lowest BCUT2D eigenvalue weighted by Gasteiger charge is -2.35. The fraction of sp³-hybridized carbons (Fsp3) is 0.429. The van der Waals surface area contributed by atoms with Gasteiger partial charge in [0.05, 0.1) is 67.2 Å². The zero-order valence-electron chi connectivity index (χ0n) is 35.9. The van der Waals surface area contributed by atoms with E-state index in [4.69, 9.17) is 46.8 Å². The van der Waals surface area contributed by atoms with Crippen molar-refractivity contribution in [3.05, 3.63) is 84.3 Å². The van der Waals surface area contributed by atoms with Gasteiger partial charge in [-0.15, -0.1) is 10.2 Å². The number of nitrogens with one attached hydrogen (secondary N) is 2. The summed E-state index contributed by atoms with van der Waals surface area (Å²) in [4.78, 5) is 99.1. The van der Waals surface area contributed by atoms with Crippen LogP contribution in [0.3, 0.4) is 0 Å². The SMILES string of the molecule is Cn1c(=O)c2c(nc(N3CCN(C(=O)CCOCCOCCOCCNc4cccc5c4C(=O)N(C4CCC(=O)NC4=O)C5=O)CC3)n2Cc2nnc(-c3ccc(Cl)c(Cl)c3)o2)n(C)c1=O. The normalized spacial score (nSPS) is 16.4. The third-order valence-corrected chi connectivity index (χ3v) is 12.1. The number of aromatic nitrogens is 6. The second-order valence-corrected chi connectivity index (χ2v) is 16.4. The first-order valence-electron chi connectivity index (χ1n) is 21.1. The minimum atomic E-state index is -1.04. The average molecular weight is 951 g/mol. The largest absolute Gasteiger partial charge is 0.419 e. The molecule has 5 amide bonds. The zero-order chi connectivity index (χ0) is 46.6. The number of hydrogen-bond donors (Lipinski definition) is 2. The number of carbonyl (C=O) groups excluding carboxylic acids is 5. The minimum Gasteiger partial charge on any atom is -0.419 e. The van der Waals surface area contributed by atoms with Gasteiger partial charge in [0, 0.05) is 64.5 Å². The molecule has 3 aliphatic heterocycles. The number of imide groups is 2. The van der Waals surface area contributed by atoms with Crippen LogP contribution in [0.15, 0.2) is 50.4 Å². The molecule has 348 valence electrons. The number of piperidine rings is 1. The molecular weight excluding hydrogens is 905 g/mol. The Hall–Kier alpha value is -6.46. The maximum Gasteiger partial charge on any atom is 0.332 e. The Labute approximate surface area is 385 Å². The molecule has 6 heterocycles. The molecule has 0 bridgehead atoms. The molecule has 2 fully saturated rings. The topological polar surface area (TPSA) is 248 Å². The maximum atomic E-state index is 13.5. The third-order valence-electron chi connectivity index (χ3n) is 11.4. The summed E-state index contributed by atoms with van der Waals surface area (Å²) in [6.45, 7) is 3.51. The van der Waals surface area contributed by atoms with Crippen LogP contribution in [-0.4, -0.2) is 147 Å². The van der Waals surface area contributed by atoms with Crippen molar-refractivity contribution in [2.75, 3.05) is 82.6 Å². The molecule has 8 rings (SSSR count). The number of ether oxygens (including phenoxy) is 3. The van der Waals surface area contributed by atoms with Gasteiger partial charge in [-0.05, 0) is 36.8 Å². The first-order valence-corrected chi connectivity index (χ1v) is 21.9. The number of nitrogens with zero attached hydrogens (tertiary/aromatic N) is 9. The summed E-state index contributed by atoms with van der Waals surface area (Å²) in [5.41, 5.74) is 0.668. The first kappa shape index (κ1) is 46.1.